The van der Waals surface area contributed by atoms with E-state index in [0.29, 0.717) is 11.7 Å². The first kappa shape index (κ1) is 13.4. The van der Waals surface area contributed by atoms with Crippen molar-refractivity contribution in [3.63, 3.8) is 0 Å². The lowest BCUT2D eigenvalue weighted by Crippen LogP contribution is -2.10. The van der Waals surface area contributed by atoms with E-state index in [0.717, 1.165) is 16.1 Å². The smallest absolute Gasteiger partial charge is 0.136 e. The van der Waals surface area contributed by atoms with Gasteiger partial charge in [0.15, 0.2) is 0 Å². The molecule has 1 atom stereocenters. The number of hydrogen-bond donors (Lipinski definition) is 2. The van der Waals surface area contributed by atoms with E-state index >= 15 is 0 Å². The molecular formula is C15H17BrN4. The number of hydrogen-bond acceptors (Lipinski definition) is 4. The summed E-state index contributed by atoms with van der Waals surface area (Å²) in [4.78, 5) is 8.88. The van der Waals surface area contributed by atoms with Gasteiger partial charge in [-0.05, 0) is 37.5 Å². The van der Waals surface area contributed by atoms with Crippen LogP contribution in [0.3, 0.4) is 0 Å². The van der Waals surface area contributed by atoms with E-state index in [2.05, 4.69) is 50.3 Å². The Bertz CT molecular complexity index is 608. The third kappa shape index (κ3) is 3.10. The minimum absolute atomic E-state index is 0.171. The number of nitrogen functional groups attached to an aromatic ring is 1. The quantitative estimate of drug-likeness (QED) is 0.891. The number of aromatic nitrogens is 2. The molecule has 3 rings (SSSR count). The summed E-state index contributed by atoms with van der Waals surface area (Å²) in [6, 6.07) is 10.2. The van der Waals surface area contributed by atoms with Crippen LogP contribution in [0.25, 0.3) is 0 Å². The molecule has 0 aliphatic heterocycles. The average Bonchev–Trinajstić information content (AvgIpc) is 3.23. The normalized spacial score (nSPS) is 15.9. The molecule has 0 bridgehead atoms. The van der Waals surface area contributed by atoms with Crippen molar-refractivity contribution in [1.82, 2.24) is 9.97 Å². The molecule has 1 aliphatic carbocycles. The van der Waals surface area contributed by atoms with Crippen molar-refractivity contribution in [3.8, 4) is 0 Å². The largest absolute Gasteiger partial charge is 0.384 e. The molecule has 1 unspecified atom stereocenters. The summed E-state index contributed by atoms with van der Waals surface area (Å²) in [5.74, 6) is 2.71. The lowest BCUT2D eigenvalue weighted by atomic mass is 10.1. The molecule has 5 heteroatoms. The van der Waals surface area contributed by atoms with E-state index in [1.54, 1.807) is 6.07 Å². The second-order valence-electron chi connectivity index (χ2n) is 5.23. The fourth-order valence-corrected chi connectivity index (χ4v) is 2.40. The third-order valence-corrected chi connectivity index (χ3v) is 3.97. The zero-order valence-electron chi connectivity index (χ0n) is 11.3. The third-order valence-electron chi connectivity index (χ3n) is 3.44. The molecule has 1 aromatic carbocycles. The lowest BCUT2D eigenvalue weighted by molar-refractivity contribution is 0.855. The summed E-state index contributed by atoms with van der Waals surface area (Å²) in [5, 5.41) is 3.40. The van der Waals surface area contributed by atoms with Crippen LogP contribution in [0.15, 0.2) is 34.8 Å². The molecule has 1 fully saturated rings. The summed E-state index contributed by atoms with van der Waals surface area (Å²) in [6.45, 7) is 2.11. The molecule has 0 radical (unpaired) electrons. The maximum atomic E-state index is 5.86. The molecule has 20 heavy (non-hydrogen) atoms. The second-order valence-corrected chi connectivity index (χ2v) is 6.14. The number of rotatable bonds is 4. The highest BCUT2D eigenvalue weighted by molar-refractivity contribution is 9.10. The predicted molar refractivity (Wildman–Crippen MR) is 84.6 cm³/mol. The Morgan fingerprint density at radius 2 is 1.95 bits per heavy atom. The van der Waals surface area contributed by atoms with Crippen LogP contribution >= 0.6 is 15.9 Å². The number of nitrogens with zero attached hydrogens (tertiary/aromatic N) is 2. The van der Waals surface area contributed by atoms with Crippen LogP contribution in [-0.2, 0) is 0 Å². The van der Waals surface area contributed by atoms with Crippen LogP contribution in [0.1, 0.15) is 43.1 Å². The van der Waals surface area contributed by atoms with Gasteiger partial charge in [-0.15, -0.1) is 0 Å². The van der Waals surface area contributed by atoms with Gasteiger partial charge in [0.05, 0.1) is 0 Å². The number of nitrogens with one attached hydrogen (secondary N) is 1. The van der Waals surface area contributed by atoms with Gasteiger partial charge in [0.25, 0.3) is 0 Å². The molecule has 1 saturated carbocycles. The highest BCUT2D eigenvalue weighted by Crippen LogP contribution is 2.38. The standard InChI is InChI=1S/C15H17BrN4/c1-9(10-4-6-12(16)7-5-10)18-14-8-13(17)19-15(20-14)11-2-3-11/h4-9,11H,2-3H2,1H3,(H3,17,18,19,20). The summed E-state index contributed by atoms with van der Waals surface area (Å²) < 4.78 is 1.08. The maximum absolute atomic E-state index is 5.86. The molecule has 4 nitrogen and oxygen atoms in total. The van der Waals surface area contributed by atoms with Crippen LogP contribution in [-0.4, -0.2) is 9.97 Å². The van der Waals surface area contributed by atoms with Gasteiger partial charge in [-0.25, -0.2) is 9.97 Å². The van der Waals surface area contributed by atoms with E-state index in [1.807, 2.05) is 12.1 Å². The Morgan fingerprint density at radius 1 is 1.25 bits per heavy atom. The van der Waals surface area contributed by atoms with Crippen LogP contribution < -0.4 is 11.1 Å². The van der Waals surface area contributed by atoms with Crippen LogP contribution in [0.2, 0.25) is 0 Å². The van der Waals surface area contributed by atoms with Crippen molar-refractivity contribution < 1.29 is 0 Å². The predicted octanol–water partition coefficient (Wildman–Crippen LogP) is 3.87. The van der Waals surface area contributed by atoms with Gasteiger partial charge in [0, 0.05) is 22.5 Å². The van der Waals surface area contributed by atoms with Gasteiger partial charge in [0.1, 0.15) is 17.5 Å². The van der Waals surface area contributed by atoms with Crippen molar-refractivity contribution in [2.45, 2.75) is 31.7 Å². The summed E-state index contributed by atoms with van der Waals surface area (Å²) in [7, 11) is 0. The summed E-state index contributed by atoms with van der Waals surface area (Å²) in [6.07, 6.45) is 2.34. The zero-order valence-corrected chi connectivity index (χ0v) is 12.9. The van der Waals surface area contributed by atoms with Crippen molar-refractivity contribution in [1.29, 1.82) is 0 Å². The van der Waals surface area contributed by atoms with Crippen molar-refractivity contribution in [2.75, 3.05) is 11.1 Å². The van der Waals surface area contributed by atoms with Crippen LogP contribution in [0.4, 0.5) is 11.6 Å². The Morgan fingerprint density at radius 3 is 2.60 bits per heavy atom. The Balaban J connectivity index is 1.78. The minimum atomic E-state index is 0.171. The molecule has 0 amide bonds. The number of halogens is 1. The second kappa shape index (κ2) is 5.40. The first-order valence-electron chi connectivity index (χ1n) is 6.78. The number of anilines is 2. The fourth-order valence-electron chi connectivity index (χ4n) is 2.14. The van der Waals surface area contributed by atoms with Gasteiger partial charge in [-0.3, -0.25) is 0 Å². The molecule has 0 spiro atoms. The van der Waals surface area contributed by atoms with E-state index in [1.165, 1.54) is 18.4 Å². The fraction of sp³-hybridized carbons (Fsp3) is 0.333. The Kier molecular flexibility index (Phi) is 3.61. The first-order valence-corrected chi connectivity index (χ1v) is 7.57. The molecule has 104 valence electrons. The zero-order chi connectivity index (χ0) is 14.1. The molecule has 3 N–H and O–H groups in total. The van der Waals surface area contributed by atoms with Gasteiger partial charge >= 0.3 is 0 Å². The maximum Gasteiger partial charge on any atom is 0.136 e. The van der Waals surface area contributed by atoms with Gasteiger partial charge in [-0.1, -0.05) is 28.1 Å². The van der Waals surface area contributed by atoms with E-state index < -0.39 is 0 Å². The topological polar surface area (TPSA) is 63.8 Å². The van der Waals surface area contributed by atoms with Crippen molar-refractivity contribution >= 4 is 27.6 Å². The summed E-state index contributed by atoms with van der Waals surface area (Å²) >= 11 is 3.45. The average molecular weight is 333 g/mol. The molecule has 1 aliphatic rings. The molecule has 1 aromatic heterocycles. The molecule has 0 saturated heterocycles. The highest BCUT2D eigenvalue weighted by atomic mass is 79.9. The van der Waals surface area contributed by atoms with E-state index in [4.69, 9.17) is 5.73 Å². The van der Waals surface area contributed by atoms with Crippen LogP contribution in [0, 0.1) is 0 Å². The summed E-state index contributed by atoms with van der Waals surface area (Å²) in [5.41, 5.74) is 7.07. The molecule has 1 heterocycles. The Labute approximate surface area is 127 Å². The van der Waals surface area contributed by atoms with Crippen molar-refractivity contribution in [2.24, 2.45) is 0 Å². The minimum Gasteiger partial charge on any atom is -0.384 e. The number of nitrogens with two attached hydrogens (primary N) is 1. The lowest BCUT2D eigenvalue weighted by Gasteiger charge is -2.16. The molecule has 2 aromatic rings. The number of benzene rings is 1. The SMILES string of the molecule is CC(Nc1cc(N)nc(C2CC2)n1)c1ccc(Br)cc1. The van der Waals surface area contributed by atoms with Crippen LogP contribution in [0.5, 0.6) is 0 Å². The van der Waals surface area contributed by atoms with E-state index in [-0.39, 0.29) is 6.04 Å². The van der Waals surface area contributed by atoms with E-state index in [9.17, 15) is 0 Å². The Hall–Kier alpha value is -1.62. The highest BCUT2D eigenvalue weighted by Gasteiger charge is 2.27. The monoisotopic (exact) mass is 332 g/mol. The van der Waals surface area contributed by atoms with Gasteiger partial charge in [0.2, 0.25) is 0 Å². The van der Waals surface area contributed by atoms with Gasteiger partial charge in [-0.2, -0.15) is 0 Å². The van der Waals surface area contributed by atoms with Crippen molar-refractivity contribution in [3.05, 3.63) is 46.2 Å². The molecular weight excluding hydrogens is 316 g/mol. The first-order chi connectivity index (χ1) is 9.61. The van der Waals surface area contributed by atoms with Gasteiger partial charge < -0.3 is 11.1 Å².